The Hall–Kier alpha value is -2.57. The molecule has 1 aliphatic carbocycles. The highest BCUT2D eigenvalue weighted by Crippen LogP contribution is 2.49. The summed E-state index contributed by atoms with van der Waals surface area (Å²) in [7, 11) is 3.68. The first-order valence-corrected chi connectivity index (χ1v) is 14.2. The molecular weight excluding hydrogens is 476 g/mol. The van der Waals surface area contributed by atoms with Crippen LogP contribution in [0.25, 0.3) is 0 Å². The number of hydrogen-bond donors (Lipinski definition) is 1. The van der Waals surface area contributed by atoms with Gasteiger partial charge in [0.15, 0.2) is 0 Å². The first kappa shape index (κ1) is 33.5. The number of nitrogens with zero attached hydrogens (tertiary/aromatic N) is 3. The van der Waals surface area contributed by atoms with Crippen LogP contribution in [0, 0.1) is 16.7 Å². The van der Waals surface area contributed by atoms with Crippen molar-refractivity contribution >= 4 is 17.8 Å². The van der Waals surface area contributed by atoms with Crippen LogP contribution < -0.4 is 5.32 Å². The van der Waals surface area contributed by atoms with Gasteiger partial charge in [0, 0.05) is 59.7 Å². The van der Waals surface area contributed by atoms with E-state index in [1.807, 2.05) is 38.9 Å². The first-order valence-electron chi connectivity index (χ1n) is 14.2. The fourth-order valence-electron chi connectivity index (χ4n) is 6.09. The molecule has 0 radical (unpaired) electrons. The second-order valence-corrected chi connectivity index (χ2v) is 12.1. The molecule has 38 heavy (non-hydrogen) atoms. The first-order chi connectivity index (χ1) is 17.8. The predicted molar refractivity (Wildman–Crippen MR) is 158 cm³/mol. The highest BCUT2D eigenvalue weighted by molar-refractivity contribution is 5.77. The maximum atomic E-state index is 13.1. The Labute approximate surface area is 232 Å². The molecule has 1 saturated carbocycles. The van der Waals surface area contributed by atoms with Gasteiger partial charge < -0.3 is 20.0 Å². The van der Waals surface area contributed by atoms with Crippen molar-refractivity contribution in [3.05, 3.63) is 37.0 Å². The molecule has 1 aliphatic rings. The molecule has 0 aromatic carbocycles. The summed E-state index contributed by atoms with van der Waals surface area (Å²) in [6.45, 7) is 21.5. The molecule has 2 unspecified atom stereocenters. The minimum atomic E-state index is -0.0382. The smallest absolute Gasteiger partial charge is 0.317 e. The number of allylic oxidation sites excluding steroid dienone is 4. The van der Waals surface area contributed by atoms with E-state index in [-0.39, 0.29) is 34.6 Å². The molecule has 0 spiro atoms. The highest BCUT2D eigenvalue weighted by Gasteiger charge is 2.42. The normalized spacial score (nSPS) is 20.8. The number of carbonyl (C=O) groups excluding carboxylic acids is 3. The van der Waals surface area contributed by atoms with Crippen LogP contribution in [0.3, 0.4) is 0 Å². The van der Waals surface area contributed by atoms with Gasteiger partial charge in [0.25, 0.3) is 0 Å². The second kappa shape index (κ2) is 15.7. The van der Waals surface area contributed by atoms with E-state index in [4.69, 9.17) is 0 Å². The van der Waals surface area contributed by atoms with Gasteiger partial charge in [-0.2, -0.15) is 0 Å². The van der Waals surface area contributed by atoms with Crippen LogP contribution in [0.5, 0.6) is 0 Å². The predicted octanol–water partition coefficient (Wildman–Crippen LogP) is 5.65. The van der Waals surface area contributed by atoms with Gasteiger partial charge in [-0.1, -0.05) is 52.2 Å². The average Bonchev–Trinajstić information content (AvgIpc) is 2.84. The molecule has 0 aromatic heterocycles. The number of nitrogens with one attached hydrogen (secondary N) is 1. The number of hydrogen-bond acceptors (Lipinski definition) is 3. The summed E-state index contributed by atoms with van der Waals surface area (Å²) in [6, 6.07) is -0.00946. The quantitative estimate of drug-likeness (QED) is 0.278. The van der Waals surface area contributed by atoms with Crippen molar-refractivity contribution in [1.82, 2.24) is 20.0 Å². The Bertz CT molecular complexity index is 846. The number of amides is 4. The lowest BCUT2D eigenvalue weighted by molar-refractivity contribution is -0.132. The van der Waals surface area contributed by atoms with Gasteiger partial charge in [0.2, 0.25) is 11.8 Å². The van der Waals surface area contributed by atoms with E-state index in [2.05, 4.69) is 39.2 Å². The lowest BCUT2D eigenvalue weighted by atomic mass is 9.60. The lowest BCUT2D eigenvalue weighted by Gasteiger charge is -2.47. The zero-order valence-electron chi connectivity index (χ0n) is 25.3. The molecular formula is C31H54N4O3. The molecule has 4 amide bonds. The van der Waals surface area contributed by atoms with Gasteiger partial charge in [-0.05, 0) is 68.3 Å². The fraction of sp³-hybridized carbons (Fsp3) is 0.710. The van der Waals surface area contributed by atoms with Crippen LogP contribution in [-0.2, 0) is 9.59 Å². The maximum absolute atomic E-state index is 13.1. The Kier molecular flexibility index (Phi) is 13.9. The minimum Gasteiger partial charge on any atom is -0.346 e. The highest BCUT2D eigenvalue weighted by atomic mass is 16.2. The number of urea groups is 1. The van der Waals surface area contributed by atoms with Crippen molar-refractivity contribution in [2.75, 3.05) is 46.8 Å². The van der Waals surface area contributed by atoms with Crippen molar-refractivity contribution in [3.8, 4) is 0 Å². The van der Waals surface area contributed by atoms with Crippen LogP contribution >= 0.6 is 0 Å². The van der Waals surface area contributed by atoms with Crippen molar-refractivity contribution in [3.63, 3.8) is 0 Å². The van der Waals surface area contributed by atoms with Crippen LogP contribution in [-0.4, -0.2) is 79.4 Å². The van der Waals surface area contributed by atoms with E-state index in [1.54, 1.807) is 22.0 Å². The van der Waals surface area contributed by atoms with Gasteiger partial charge in [-0.25, -0.2) is 4.79 Å². The van der Waals surface area contributed by atoms with E-state index in [0.29, 0.717) is 52.0 Å². The summed E-state index contributed by atoms with van der Waals surface area (Å²) in [5.74, 6) is 0.532. The van der Waals surface area contributed by atoms with Crippen LogP contribution in [0.4, 0.5) is 4.79 Å². The van der Waals surface area contributed by atoms with E-state index in [1.165, 1.54) is 0 Å². The third kappa shape index (κ3) is 11.4. The van der Waals surface area contributed by atoms with Gasteiger partial charge in [-0.15, -0.1) is 0 Å². The molecule has 0 heterocycles. The molecule has 7 heteroatoms. The molecule has 1 N–H and O–H groups in total. The largest absolute Gasteiger partial charge is 0.346 e. The van der Waals surface area contributed by atoms with Gasteiger partial charge in [0.1, 0.15) is 0 Å². The van der Waals surface area contributed by atoms with Gasteiger partial charge in [0.05, 0.1) is 0 Å². The maximum Gasteiger partial charge on any atom is 0.317 e. The lowest BCUT2D eigenvalue weighted by Crippen LogP contribution is -2.48. The van der Waals surface area contributed by atoms with Crippen molar-refractivity contribution in [1.29, 1.82) is 0 Å². The summed E-state index contributed by atoms with van der Waals surface area (Å²) in [5.41, 5.74) is 1.08. The van der Waals surface area contributed by atoms with Crippen LogP contribution in [0.15, 0.2) is 37.0 Å². The molecule has 2 atom stereocenters. The zero-order chi connectivity index (χ0) is 28.9. The minimum absolute atomic E-state index is 0.00946. The summed E-state index contributed by atoms with van der Waals surface area (Å²) in [6.07, 6.45) is 10.6. The summed E-state index contributed by atoms with van der Waals surface area (Å²) >= 11 is 0. The number of carbonyl (C=O) groups is 3. The molecule has 0 saturated heterocycles. The molecule has 0 bridgehead atoms. The standard InChI is InChI=1S/C31H54N4O3/c1-10-15-25(11-2)16-17-27(36)33(8)18-14-19-34(9)28(37)20-26-21-30(5,6)23-31(7,22-26)24-32-29(38)35(12-3)13-4/h10-11,15,26H,1-2,12-14,16-24H2,3-9H3,(H,32,38)/b25-15+. The van der Waals surface area contributed by atoms with E-state index < -0.39 is 0 Å². The Morgan fingerprint density at radius 3 is 2.11 bits per heavy atom. The van der Waals surface area contributed by atoms with Gasteiger partial charge in [-0.3, -0.25) is 9.59 Å². The molecule has 216 valence electrons. The van der Waals surface area contributed by atoms with Gasteiger partial charge >= 0.3 is 6.03 Å². The zero-order valence-corrected chi connectivity index (χ0v) is 25.3. The summed E-state index contributed by atoms with van der Waals surface area (Å²) in [5, 5.41) is 3.15. The molecule has 0 aromatic rings. The van der Waals surface area contributed by atoms with Crippen molar-refractivity contribution in [2.45, 2.75) is 79.6 Å². The number of rotatable bonds is 15. The second-order valence-electron chi connectivity index (χ2n) is 12.1. The Morgan fingerprint density at radius 2 is 1.55 bits per heavy atom. The molecule has 7 nitrogen and oxygen atoms in total. The monoisotopic (exact) mass is 530 g/mol. The van der Waals surface area contributed by atoms with E-state index >= 15 is 0 Å². The molecule has 0 aliphatic heterocycles. The average molecular weight is 531 g/mol. The van der Waals surface area contributed by atoms with E-state index in [0.717, 1.165) is 31.3 Å². The summed E-state index contributed by atoms with van der Waals surface area (Å²) < 4.78 is 0. The van der Waals surface area contributed by atoms with Crippen LogP contribution in [0.2, 0.25) is 0 Å². The Morgan fingerprint density at radius 1 is 0.947 bits per heavy atom. The fourth-order valence-corrected chi connectivity index (χ4v) is 6.09. The SMILES string of the molecule is C=C/C=C(\C=C)CCC(=O)N(C)CCCN(C)C(=O)CC1CC(C)(C)CC(C)(CNC(=O)N(CC)CC)C1. The van der Waals surface area contributed by atoms with Crippen molar-refractivity contribution in [2.24, 2.45) is 16.7 Å². The van der Waals surface area contributed by atoms with Crippen molar-refractivity contribution < 1.29 is 14.4 Å². The third-order valence-corrected chi connectivity index (χ3v) is 7.77. The molecule has 1 rings (SSSR count). The van der Waals surface area contributed by atoms with Crippen LogP contribution in [0.1, 0.15) is 79.6 Å². The third-order valence-electron chi connectivity index (χ3n) is 7.77. The topological polar surface area (TPSA) is 73.0 Å². The Balaban J connectivity index is 2.57. The molecule has 1 fully saturated rings. The van der Waals surface area contributed by atoms with E-state index in [9.17, 15) is 14.4 Å². The summed E-state index contributed by atoms with van der Waals surface area (Å²) in [4.78, 5) is 43.4.